The molecule has 0 aliphatic heterocycles. The van der Waals surface area contributed by atoms with Gasteiger partial charge in [-0.3, -0.25) is 0 Å². The summed E-state index contributed by atoms with van der Waals surface area (Å²) in [6, 6.07) is 3.43. The minimum Gasteiger partial charge on any atom is -0.423 e. The lowest BCUT2D eigenvalue weighted by Crippen LogP contribution is -2.32. The number of rotatable bonds is 1. The van der Waals surface area contributed by atoms with Crippen LogP contribution in [0.2, 0.25) is 0 Å². The maximum atomic E-state index is 8.93. The Bertz CT molecular complexity index is 299. The molecule has 1 aromatic rings. The molecule has 0 saturated carbocycles. The van der Waals surface area contributed by atoms with Crippen molar-refractivity contribution in [1.29, 1.82) is 0 Å². The fourth-order valence-electron chi connectivity index (χ4n) is 1.14. The molecule has 1 rings (SSSR count). The SMILES string of the molecule is Cc1cc(B(O)O)c(C)cc1N. The first-order chi connectivity index (χ1) is 5.52. The molecule has 4 heteroatoms. The van der Waals surface area contributed by atoms with Crippen LogP contribution in [0.15, 0.2) is 12.1 Å². The lowest BCUT2D eigenvalue weighted by Gasteiger charge is -2.07. The van der Waals surface area contributed by atoms with E-state index in [-0.39, 0.29) is 0 Å². The number of anilines is 1. The predicted molar refractivity (Wildman–Crippen MR) is 50.2 cm³/mol. The Morgan fingerprint density at radius 3 is 2.25 bits per heavy atom. The number of benzene rings is 1. The normalized spacial score (nSPS) is 10.0. The number of nitrogen functional groups attached to an aromatic ring is 1. The van der Waals surface area contributed by atoms with Crippen molar-refractivity contribution in [3.63, 3.8) is 0 Å². The fourth-order valence-corrected chi connectivity index (χ4v) is 1.14. The van der Waals surface area contributed by atoms with Gasteiger partial charge in [0.2, 0.25) is 0 Å². The first-order valence-corrected chi connectivity index (χ1v) is 3.75. The first kappa shape index (κ1) is 9.10. The maximum Gasteiger partial charge on any atom is 0.488 e. The molecule has 0 unspecified atom stereocenters. The van der Waals surface area contributed by atoms with Crippen LogP contribution in [0.25, 0.3) is 0 Å². The maximum absolute atomic E-state index is 8.93. The zero-order valence-corrected chi connectivity index (χ0v) is 7.20. The molecule has 12 heavy (non-hydrogen) atoms. The zero-order chi connectivity index (χ0) is 9.30. The van der Waals surface area contributed by atoms with E-state index >= 15 is 0 Å². The van der Waals surface area contributed by atoms with Gasteiger partial charge in [-0.25, -0.2) is 0 Å². The van der Waals surface area contributed by atoms with Gasteiger partial charge in [-0.1, -0.05) is 6.07 Å². The molecule has 0 aliphatic rings. The number of hydrogen-bond acceptors (Lipinski definition) is 3. The summed E-state index contributed by atoms with van der Waals surface area (Å²) in [5.41, 5.74) is 8.48. The monoisotopic (exact) mass is 165 g/mol. The van der Waals surface area contributed by atoms with Crippen LogP contribution in [-0.4, -0.2) is 17.2 Å². The Kier molecular flexibility index (Phi) is 2.40. The Hall–Kier alpha value is -0.995. The van der Waals surface area contributed by atoms with Crippen molar-refractivity contribution in [3.8, 4) is 0 Å². The molecular weight excluding hydrogens is 153 g/mol. The van der Waals surface area contributed by atoms with E-state index in [1.165, 1.54) is 0 Å². The van der Waals surface area contributed by atoms with Gasteiger partial charge in [-0.2, -0.15) is 0 Å². The third-order valence-electron chi connectivity index (χ3n) is 1.93. The highest BCUT2D eigenvalue weighted by molar-refractivity contribution is 6.59. The Balaban J connectivity index is 3.23. The van der Waals surface area contributed by atoms with Gasteiger partial charge < -0.3 is 15.8 Å². The van der Waals surface area contributed by atoms with Crippen LogP contribution in [0.1, 0.15) is 11.1 Å². The molecule has 64 valence electrons. The summed E-state index contributed by atoms with van der Waals surface area (Å²) in [6.07, 6.45) is 0. The van der Waals surface area contributed by atoms with Gasteiger partial charge in [-0.15, -0.1) is 0 Å². The van der Waals surface area contributed by atoms with Crippen molar-refractivity contribution < 1.29 is 10.0 Å². The molecule has 0 bridgehead atoms. The first-order valence-electron chi connectivity index (χ1n) is 3.75. The van der Waals surface area contributed by atoms with Gasteiger partial charge in [0.15, 0.2) is 0 Å². The smallest absolute Gasteiger partial charge is 0.423 e. The van der Waals surface area contributed by atoms with Crippen LogP contribution in [0.4, 0.5) is 5.69 Å². The average Bonchev–Trinajstić information content (AvgIpc) is 1.96. The van der Waals surface area contributed by atoms with Crippen molar-refractivity contribution in [2.24, 2.45) is 0 Å². The van der Waals surface area contributed by atoms with E-state index in [1.54, 1.807) is 19.1 Å². The third-order valence-corrected chi connectivity index (χ3v) is 1.93. The molecule has 0 atom stereocenters. The molecule has 0 saturated heterocycles. The molecule has 1 aromatic carbocycles. The highest BCUT2D eigenvalue weighted by Crippen LogP contribution is 2.10. The molecule has 3 nitrogen and oxygen atoms in total. The minimum atomic E-state index is -1.41. The van der Waals surface area contributed by atoms with Crippen LogP contribution >= 0.6 is 0 Å². The van der Waals surface area contributed by atoms with Crippen LogP contribution in [0, 0.1) is 13.8 Å². The van der Waals surface area contributed by atoms with Gasteiger partial charge >= 0.3 is 7.12 Å². The van der Waals surface area contributed by atoms with Gasteiger partial charge in [0.25, 0.3) is 0 Å². The summed E-state index contributed by atoms with van der Waals surface area (Å²) >= 11 is 0. The van der Waals surface area contributed by atoms with Crippen LogP contribution in [0.5, 0.6) is 0 Å². The highest BCUT2D eigenvalue weighted by Gasteiger charge is 2.14. The molecular formula is C8H12BNO2. The third kappa shape index (κ3) is 1.60. The van der Waals surface area contributed by atoms with Crippen LogP contribution in [-0.2, 0) is 0 Å². The van der Waals surface area contributed by atoms with E-state index in [4.69, 9.17) is 15.8 Å². The van der Waals surface area contributed by atoms with E-state index < -0.39 is 7.12 Å². The van der Waals surface area contributed by atoms with E-state index in [1.807, 2.05) is 6.92 Å². The lowest BCUT2D eigenvalue weighted by atomic mass is 9.76. The zero-order valence-electron chi connectivity index (χ0n) is 7.20. The van der Waals surface area contributed by atoms with E-state index in [9.17, 15) is 0 Å². The number of nitrogens with two attached hydrogens (primary N) is 1. The predicted octanol–water partition coefficient (Wildman–Crippen LogP) is -0.435. The summed E-state index contributed by atoms with van der Waals surface area (Å²) in [6.45, 7) is 3.63. The standard InChI is InChI=1S/C8H12BNO2/c1-5-4-8(10)6(2)3-7(5)9(11)12/h3-4,11-12H,10H2,1-2H3. The van der Waals surface area contributed by atoms with Gasteiger partial charge in [0.1, 0.15) is 0 Å². The Morgan fingerprint density at radius 2 is 1.75 bits per heavy atom. The van der Waals surface area contributed by atoms with Crippen molar-refractivity contribution in [2.75, 3.05) is 5.73 Å². The Labute approximate surface area is 72.0 Å². The van der Waals surface area contributed by atoms with Crippen LogP contribution < -0.4 is 11.2 Å². The molecule has 0 spiro atoms. The highest BCUT2D eigenvalue weighted by atomic mass is 16.4. The molecule has 4 N–H and O–H groups in total. The second kappa shape index (κ2) is 3.17. The molecule has 0 fully saturated rings. The van der Waals surface area contributed by atoms with Crippen molar-refractivity contribution in [1.82, 2.24) is 0 Å². The van der Waals surface area contributed by atoms with E-state index in [2.05, 4.69) is 0 Å². The van der Waals surface area contributed by atoms with E-state index in [0.29, 0.717) is 11.2 Å². The molecule has 0 amide bonds. The lowest BCUT2D eigenvalue weighted by molar-refractivity contribution is 0.425. The molecule has 0 aliphatic carbocycles. The average molecular weight is 165 g/mol. The number of hydrogen-bond donors (Lipinski definition) is 3. The summed E-state index contributed by atoms with van der Waals surface area (Å²) in [5, 5.41) is 17.9. The van der Waals surface area contributed by atoms with Crippen molar-refractivity contribution >= 4 is 18.3 Å². The number of aryl methyl sites for hydroxylation is 2. The quantitative estimate of drug-likeness (QED) is 0.390. The molecule has 0 heterocycles. The summed E-state index contributed by atoms with van der Waals surface area (Å²) in [4.78, 5) is 0. The van der Waals surface area contributed by atoms with Crippen molar-refractivity contribution in [3.05, 3.63) is 23.3 Å². The summed E-state index contributed by atoms with van der Waals surface area (Å²) < 4.78 is 0. The largest absolute Gasteiger partial charge is 0.488 e. The topological polar surface area (TPSA) is 66.5 Å². The summed E-state index contributed by atoms with van der Waals surface area (Å²) in [7, 11) is -1.41. The summed E-state index contributed by atoms with van der Waals surface area (Å²) in [5.74, 6) is 0. The van der Waals surface area contributed by atoms with Gasteiger partial charge in [-0.05, 0) is 36.5 Å². The van der Waals surface area contributed by atoms with Crippen molar-refractivity contribution in [2.45, 2.75) is 13.8 Å². The minimum absolute atomic E-state index is 0.515. The van der Waals surface area contributed by atoms with E-state index in [0.717, 1.165) is 11.1 Å². The Morgan fingerprint density at radius 1 is 1.17 bits per heavy atom. The second-order valence-electron chi connectivity index (χ2n) is 2.94. The second-order valence-corrected chi connectivity index (χ2v) is 2.94. The molecule has 0 radical (unpaired) electrons. The van der Waals surface area contributed by atoms with Crippen LogP contribution in [0.3, 0.4) is 0 Å². The fraction of sp³-hybridized carbons (Fsp3) is 0.250. The van der Waals surface area contributed by atoms with Gasteiger partial charge in [0, 0.05) is 5.69 Å². The molecule has 0 aromatic heterocycles. The van der Waals surface area contributed by atoms with Gasteiger partial charge in [0.05, 0.1) is 0 Å².